The summed E-state index contributed by atoms with van der Waals surface area (Å²) in [7, 11) is 1.53. The molecule has 4 heteroatoms. The van der Waals surface area contributed by atoms with E-state index in [2.05, 4.69) is 0 Å². The lowest BCUT2D eigenvalue weighted by molar-refractivity contribution is 0.414. The van der Waals surface area contributed by atoms with Crippen molar-refractivity contribution < 1.29 is 9.15 Å². The predicted molar refractivity (Wildman–Crippen MR) is 53.8 cm³/mol. The van der Waals surface area contributed by atoms with E-state index in [1.165, 1.54) is 13.2 Å². The van der Waals surface area contributed by atoms with E-state index in [9.17, 15) is 4.79 Å². The first-order valence-corrected chi connectivity index (χ1v) is 4.26. The Hall–Kier alpha value is -2.28. The van der Waals surface area contributed by atoms with Crippen molar-refractivity contribution in [2.75, 3.05) is 7.11 Å². The van der Waals surface area contributed by atoms with Crippen molar-refractivity contribution in [3.63, 3.8) is 0 Å². The van der Waals surface area contributed by atoms with Crippen LogP contribution in [0.1, 0.15) is 5.56 Å². The number of hydrogen-bond donors (Lipinski definition) is 0. The van der Waals surface area contributed by atoms with Crippen LogP contribution in [0.15, 0.2) is 33.5 Å². The van der Waals surface area contributed by atoms with E-state index in [1.54, 1.807) is 24.3 Å². The molecule has 4 nitrogen and oxygen atoms in total. The predicted octanol–water partition coefficient (Wildman–Crippen LogP) is 1.67. The summed E-state index contributed by atoms with van der Waals surface area (Å²) in [6.07, 6.45) is 0. The molecule has 1 aromatic heterocycles. The van der Waals surface area contributed by atoms with Gasteiger partial charge in [-0.15, -0.1) is 0 Å². The molecule has 0 spiro atoms. The van der Waals surface area contributed by atoms with Gasteiger partial charge in [0.1, 0.15) is 23.0 Å². The van der Waals surface area contributed by atoms with Crippen molar-refractivity contribution in [3.05, 3.63) is 40.2 Å². The van der Waals surface area contributed by atoms with Gasteiger partial charge >= 0.3 is 5.63 Å². The first-order valence-electron chi connectivity index (χ1n) is 4.26. The van der Waals surface area contributed by atoms with Crippen molar-refractivity contribution in [3.8, 4) is 11.8 Å². The van der Waals surface area contributed by atoms with Crippen molar-refractivity contribution in [2.24, 2.45) is 0 Å². The number of methoxy groups -OCH3 is 1. The van der Waals surface area contributed by atoms with Crippen LogP contribution in [0.2, 0.25) is 0 Å². The van der Waals surface area contributed by atoms with Gasteiger partial charge < -0.3 is 9.15 Å². The third-order valence-corrected chi connectivity index (χ3v) is 2.06. The minimum Gasteiger partial charge on any atom is -0.497 e. The zero-order valence-corrected chi connectivity index (χ0v) is 7.98. The van der Waals surface area contributed by atoms with Crippen LogP contribution < -0.4 is 10.4 Å². The van der Waals surface area contributed by atoms with E-state index in [1.807, 2.05) is 0 Å². The standard InChI is InChI=1S/C11H7NO3/c1-14-9-3-2-7-4-8(6-12)11(13)15-10(7)5-9/h2-5H,1H3. The van der Waals surface area contributed by atoms with E-state index in [4.69, 9.17) is 14.4 Å². The fourth-order valence-corrected chi connectivity index (χ4v) is 1.30. The van der Waals surface area contributed by atoms with E-state index >= 15 is 0 Å². The summed E-state index contributed by atoms with van der Waals surface area (Å²) < 4.78 is 9.96. The van der Waals surface area contributed by atoms with Gasteiger partial charge in [0.05, 0.1) is 7.11 Å². The topological polar surface area (TPSA) is 63.2 Å². The first-order chi connectivity index (χ1) is 7.24. The maximum absolute atomic E-state index is 11.2. The van der Waals surface area contributed by atoms with Gasteiger partial charge in [-0.1, -0.05) is 0 Å². The molecule has 0 aliphatic rings. The highest BCUT2D eigenvalue weighted by molar-refractivity contribution is 5.79. The number of fused-ring (bicyclic) bond motifs is 1. The van der Waals surface area contributed by atoms with Gasteiger partial charge in [0.15, 0.2) is 0 Å². The Morgan fingerprint density at radius 3 is 2.87 bits per heavy atom. The summed E-state index contributed by atoms with van der Waals surface area (Å²) in [5.41, 5.74) is -0.204. The number of ether oxygens (including phenoxy) is 1. The molecule has 0 radical (unpaired) electrons. The van der Waals surface area contributed by atoms with Gasteiger partial charge in [-0.05, 0) is 18.2 Å². The summed E-state index contributed by atoms with van der Waals surface area (Å²) in [6.45, 7) is 0. The molecule has 0 N–H and O–H groups in total. The Morgan fingerprint density at radius 2 is 2.20 bits per heavy atom. The average molecular weight is 201 g/mol. The van der Waals surface area contributed by atoms with Gasteiger partial charge in [-0.3, -0.25) is 0 Å². The zero-order valence-electron chi connectivity index (χ0n) is 7.98. The number of rotatable bonds is 1. The molecule has 1 heterocycles. The minimum absolute atomic E-state index is 0.00710. The Bertz CT molecular complexity index is 607. The van der Waals surface area contributed by atoms with Gasteiger partial charge in [0, 0.05) is 11.5 Å². The smallest absolute Gasteiger partial charge is 0.354 e. The molecule has 15 heavy (non-hydrogen) atoms. The molecule has 0 unspecified atom stereocenters. The van der Waals surface area contributed by atoms with E-state index in [0.29, 0.717) is 16.7 Å². The van der Waals surface area contributed by atoms with Crippen LogP contribution in [0.5, 0.6) is 5.75 Å². The lowest BCUT2D eigenvalue weighted by Crippen LogP contribution is -2.02. The summed E-state index contributed by atoms with van der Waals surface area (Å²) in [6, 6.07) is 8.36. The largest absolute Gasteiger partial charge is 0.497 e. The monoisotopic (exact) mass is 201 g/mol. The maximum Gasteiger partial charge on any atom is 0.354 e. The Kier molecular flexibility index (Phi) is 2.14. The lowest BCUT2D eigenvalue weighted by atomic mass is 10.2. The summed E-state index contributed by atoms with van der Waals surface area (Å²) in [5, 5.41) is 9.34. The average Bonchev–Trinajstić information content (AvgIpc) is 2.27. The molecule has 2 aromatic rings. The van der Waals surface area contributed by atoms with Crippen molar-refractivity contribution in [2.45, 2.75) is 0 Å². The van der Waals surface area contributed by atoms with Gasteiger partial charge in [0.25, 0.3) is 0 Å². The SMILES string of the molecule is COc1ccc2cc(C#N)c(=O)oc2c1. The molecule has 2 rings (SSSR count). The molecular formula is C11H7NO3. The third kappa shape index (κ3) is 1.55. The number of nitriles is 1. The van der Waals surface area contributed by atoms with Crippen LogP contribution in [0, 0.1) is 11.3 Å². The molecule has 0 bridgehead atoms. The Balaban J connectivity index is 2.77. The van der Waals surface area contributed by atoms with Crippen LogP contribution in [0.25, 0.3) is 11.0 Å². The molecule has 0 saturated carbocycles. The molecule has 0 fully saturated rings. The molecule has 0 aliphatic heterocycles. The zero-order chi connectivity index (χ0) is 10.8. The van der Waals surface area contributed by atoms with Crippen molar-refractivity contribution >= 4 is 11.0 Å². The van der Waals surface area contributed by atoms with Gasteiger partial charge in [-0.2, -0.15) is 5.26 Å². The van der Waals surface area contributed by atoms with Crippen LogP contribution in [0.4, 0.5) is 0 Å². The number of hydrogen-bond acceptors (Lipinski definition) is 4. The first kappa shape index (κ1) is 9.28. The van der Waals surface area contributed by atoms with Crippen LogP contribution in [0.3, 0.4) is 0 Å². The molecule has 0 atom stereocenters. The second kappa shape index (κ2) is 3.46. The van der Waals surface area contributed by atoms with Crippen LogP contribution in [-0.2, 0) is 0 Å². The fourth-order valence-electron chi connectivity index (χ4n) is 1.30. The van der Waals surface area contributed by atoms with Crippen molar-refractivity contribution in [1.29, 1.82) is 5.26 Å². The van der Waals surface area contributed by atoms with Crippen LogP contribution >= 0.6 is 0 Å². The van der Waals surface area contributed by atoms with E-state index in [-0.39, 0.29) is 5.56 Å². The summed E-state index contributed by atoms with van der Waals surface area (Å²) >= 11 is 0. The molecular weight excluding hydrogens is 194 g/mol. The van der Waals surface area contributed by atoms with Gasteiger partial charge in [0.2, 0.25) is 0 Å². The van der Waals surface area contributed by atoms with E-state index in [0.717, 1.165) is 0 Å². The quantitative estimate of drug-likeness (QED) is 0.658. The lowest BCUT2D eigenvalue weighted by Gasteiger charge is -2.00. The Labute approximate surface area is 85.3 Å². The van der Waals surface area contributed by atoms with Crippen molar-refractivity contribution in [1.82, 2.24) is 0 Å². The molecule has 0 aliphatic carbocycles. The molecule has 0 amide bonds. The highest BCUT2D eigenvalue weighted by Crippen LogP contribution is 2.19. The minimum atomic E-state index is -0.627. The van der Waals surface area contributed by atoms with E-state index < -0.39 is 5.63 Å². The Morgan fingerprint density at radius 1 is 1.40 bits per heavy atom. The molecule has 74 valence electrons. The molecule has 1 aromatic carbocycles. The number of benzene rings is 1. The highest BCUT2D eigenvalue weighted by atomic mass is 16.5. The summed E-state index contributed by atoms with van der Waals surface area (Å²) in [5.74, 6) is 0.607. The second-order valence-electron chi connectivity index (χ2n) is 2.96. The second-order valence-corrected chi connectivity index (χ2v) is 2.96. The highest BCUT2D eigenvalue weighted by Gasteiger charge is 2.04. The number of nitrogens with zero attached hydrogens (tertiary/aromatic N) is 1. The molecule has 0 saturated heterocycles. The van der Waals surface area contributed by atoms with Gasteiger partial charge in [-0.25, -0.2) is 4.79 Å². The third-order valence-electron chi connectivity index (χ3n) is 2.06. The normalized spacial score (nSPS) is 9.87. The maximum atomic E-state index is 11.2. The van der Waals surface area contributed by atoms with Crippen LogP contribution in [-0.4, -0.2) is 7.11 Å². The summed E-state index contributed by atoms with van der Waals surface area (Å²) in [4.78, 5) is 11.2. The fraction of sp³-hybridized carbons (Fsp3) is 0.0909.